The predicted molar refractivity (Wildman–Crippen MR) is 83.0 cm³/mol. The Bertz CT molecular complexity index is 279. The molecule has 1 unspecified atom stereocenters. The van der Waals surface area contributed by atoms with E-state index < -0.39 is 0 Å². The predicted octanol–water partition coefficient (Wildman–Crippen LogP) is 3.30. The van der Waals surface area contributed by atoms with Crippen LogP contribution in [0.2, 0.25) is 0 Å². The molecule has 0 aromatic rings. The molecule has 1 atom stereocenters. The van der Waals surface area contributed by atoms with Gasteiger partial charge in [0, 0.05) is 20.3 Å². The van der Waals surface area contributed by atoms with E-state index in [9.17, 15) is 0 Å². The van der Waals surface area contributed by atoms with Crippen molar-refractivity contribution in [2.75, 3.05) is 33.4 Å². The molecule has 0 aromatic heterocycles. The Morgan fingerprint density at radius 2 is 2.10 bits per heavy atom. The van der Waals surface area contributed by atoms with E-state index >= 15 is 0 Å². The largest absolute Gasteiger partial charge is 0.383 e. The molecule has 1 heterocycles. The first-order valence-electron chi connectivity index (χ1n) is 8.35. The van der Waals surface area contributed by atoms with Crippen LogP contribution in [0, 0.1) is 5.92 Å². The zero-order chi connectivity index (χ0) is 14.1. The summed E-state index contributed by atoms with van der Waals surface area (Å²) in [6.07, 6.45) is 15.1. The van der Waals surface area contributed by atoms with Crippen molar-refractivity contribution in [2.45, 2.75) is 57.0 Å². The first kappa shape index (κ1) is 16.0. The average molecular weight is 281 g/mol. The fourth-order valence-corrected chi connectivity index (χ4v) is 3.55. The van der Waals surface area contributed by atoms with Crippen LogP contribution in [0.5, 0.6) is 0 Å². The molecule has 2 fully saturated rings. The van der Waals surface area contributed by atoms with Crippen molar-refractivity contribution >= 4 is 0 Å². The van der Waals surface area contributed by atoms with Crippen LogP contribution in [0.25, 0.3) is 0 Å². The van der Waals surface area contributed by atoms with Crippen molar-refractivity contribution in [2.24, 2.45) is 5.92 Å². The molecule has 2 rings (SSSR count). The maximum absolute atomic E-state index is 6.15. The van der Waals surface area contributed by atoms with Crippen LogP contribution >= 0.6 is 0 Å². The fraction of sp³-hybridized carbons (Fsp3) is 0.882. The van der Waals surface area contributed by atoms with Crippen molar-refractivity contribution in [1.29, 1.82) is 0 Å². The molecule has 0 bridgehead atoms. The SMILES string of the molecule is COCCNCC/C=C/C1CCOC2(CCCCC2)C1. The van der Waals surface area contributed by atoms with Crippen LogP contribution in [0.15, 0.2) is 12.2 Å². The minimum Gasteiger partial charge on any atom is -0.383 e. The summed E-state index contributed by atoms with van der Waals surface area (Å²) in [6, 6.07) is 0. The third-order valence-electron chi connectivity index (χ3n) is 4.67. The number of ether oxygens (including phenoxy) is 2. The second-order valence-corrected chi connectivity index (χ2v) is 6.30. The summed E-state index contributed by atoms with van der Waals surface area (Å²) in [4.78, 5) is 0. The van der Waals surface area contributed by atoms with E-state index in [1.54, 1.807) is 7.11 Å². The number of hydrogen-bond donors (Lipinski definition) is 1. The van der Waals surface area contributed by atoms with Crippen molar-refractivity contribution in [3.8, 4) is 0 Å². The maximum Gasteiger partial charge on any atom is 0.0688 e. The van der Waals surface area contributed by atoms with Crippen molar-refractivity contribution in [1.82, 2.24) is 5.32 Å². The highest BCUT2D eigenvalue weighted by Gasteiger charge is 2.37. The van der Waals surface area contributed by atoms with Crippen LogP contribution in [0.4, 0.5) is 0 Å². The quantitative estimate of drug-likeness (QED) is 0.574. The maximum atomic E-state index is 6.15. The van der Waals surface area contributed by atoms with Gasteiger partial charge in [-0.1, -0.05) is 31.4 Å². The van der Waals surface area contributed by atoms with Gasteiger partial charge >= 0.3 is 0 Å². The van der Waals surface area contributed by atoms with Crippen molar-refractivity contribution in [3.63, 3.8) is 0 Å². The number of allylic oxidation sites excluding steroid dienone is 1. The molecular weight excluding hydrogens is 250 g/mol. The summed E-state index contributed by atoms with van der Waals surface area (Å²) in [6.45, 7) is 3.76. The van der Waals surface area contributed by atoms with Crippen LogP contribution in [-0.4, -0.2) is 39.0 Å². The Hall–Kier alpha value is -0.380. The third-order valence-corrected chi connectivity index (χ3v) is 4.67. The number of methoxy groups -OCH3 is 1. The highest BCUT2D eigenvalue weighted by molar-refractivity contribution is 4.97. The van der Waals surface area contributed by atoms with Gasteiger partial charge in [-0.05, 0) is 44.6 Å². The highest BCUT2D eigenvalue weighted by atomic mass is 16.5. The molecule has 2 aliphatic rings. The first-order chi connectivity index (χ1) is 9.85. The van der Waals surface area contributed by atoms with Gasteiger partial charge in [-0.2, -0.15) is 0 Å². The van der Waals surface area contributed by atoms with E-state index in [1.807, 2.05) is 0 Å². The Balaban J connectivity index is 1.64. The molecule has 116 valence electrons. The van der Waals surface area contributed by atoms with Gasteiger partial charge in [-0.25, -0.2) is 0 Å². The summed E-state index contributed by atoms with van der Waals surface area (Å²) in [7, 11) is 1.74. The van der Waals surface area contributed by atoms with Crippen molar-refractivity contribution in [3.05, 3.63) is 12.2 Å². The van der Waals surface area contributed by atoms with E-state index in [0.717, 1.165) is 38.6 Å². The molecule has 0 aromatic carbocycles. The average Bonchev–Trinajstić information content (AvgIpc) is 2.47. The summed E-state index contributed by atoms with van der Waals surface area (Å²) < 4.78 is 11.2. The van der Waals surface area contributed by atoms with E-state index in [4.69, 9.17) is 9.47 Å². The molecule has 0 radical (unpaired) electrons. The van der Waals surface area contributed by atoms with Gasteiger partial charge in [-0.3, -0.25) is 0 Å². The fourth-order valence-electron chi connectivity index (χ4n) is 3.55. The van der Waals surface area contributed by atoms with Gasteiger partial charge in [0.1, 0.15) is 0 Å². The Morgan fingerprint density at radius 1 is 1.25 bits per heavy atom. The van der Waals surface area contributed by atoms with Gasteiger partial charge in [0.15, 0.2) is 0 Å². The molecule has 1 spiro atoms. The van der Waals surface area contributed by atoms with Crippen LogP contribution in [0.3, 0.4) is 0 Å². The molecule has 3 nitrogen and oxygen atoms in total. The molecular formula is C17H31NO2. The molecule has 20 heavy (non-hydrogen) atoms. The van der Waals surface area contributed by atoms with Crippen LogP contribution in [-0.2, 0) is 9.47 Å². The monoisotopic (exact) mass is 281 g/mol. The lowest BCUT2D eigenvalue weighted by atomic mass is 9.76. The Kier molecular flexibility index (Phi) is 7.05. The lowest BCUT2D eigenvalue weighted by molar-refractivity contribution is -0.111. The summed E-state index contributed by atoms with van der Waals surface area (Å²) >= 11 is 0. The molecule has 1 aliphatic heterocycles. The zero-order valence-electron chi connectivity index (χ0n) is 13.0. The first-order valence-corrected chi connectivity index (χ1v) is 8.35. The second-order valence-electron chi connectivity index (χ2n) is 6.30. The number of hydrogen-bond acceptors (Lipinski definition) is 3. The van der Waals surface area contributed by atoms with Gasteiger partial charge < -0.3 is 14.8 Å². The minimum absolute atomic E-state index is 0.238. The van der Waals surface area contributed by atoms with E-state index in [2.05, 4.69) is 17.5 Å². The molecule has 0 amide bonds. The smallest absolute Gasteiger partial charge is 0.0688 e. The van der Waals surface area contributed by atoms with Crippen LogP contribution in [0.1, 0.15) is 51.4 Å². The molecule has 1 N–H and O–H groups in total. The number of nitrogens with one attached hydrogen (secondary N) is 1. The second kappa shape index (κ2) is 8.81. The van der Waals surface area contributed by atoms with E-state index in [0.29, 0.717) is 0 Å². The minimum atomic E-state index is 0.238. The van der Waals surface area contributed by atoms with Crippen LogP contribution < -0.4 is 5.32 Å². The van der Waals surface area contributed by atoms with Gasteiger partial charge in [0.2, 0.25) is 0 Å². The standard InChI is InChI=1S/C17H31NO2/c1-19-14-12-18-11-6-3-7-16-8-13-20-17(15-16)9-4-2-5-10-17/h3,7,16,18H,2,4-6,8-15H2,1H3/b7-3+. The normalized spacial score (nSPS) is 26.4. The van der Waals surface area contributed by atoms with E-state index in [-0.39, 0.29) is 5.60 Å². The lowest BCUT2D eigenvalue weighted by Gasteiger charge is -2.43. The summed E-state index contributed by atoms with van der Waals surface area (Å²) in [5.74, 6) is 0.737. The zero-order valence-corrected chi connectivity index (χ0v) is 13.0. The molecule has 1 saturated carbocycles. The number of rotatable bonds is 7. The Labute approximate surface area is 124 Å². The van der Waals surface area contributed by atoms with E-state index in [1.165, 1.54) is 44.9 Å². The Morgan fingerprint density at radius 3 is 2.90 bits per heavy atom. The molecule has 1 saturated heterocycles. The van der Waals surface area contributed by atoms with Crippen molar-refractivity contribution < 1.29 is 9.47 Å². The molecule has 1 aliphatic carbocycles. The topological polar surface area (TPSA) is 30.5 Å². The van der Waals surface area contributed by atoms with Gasteiger partial charge in [-0.15, -0.1) is 0 Å². The highest BCUT2D eigenvalue weighted by Crippen LogP contribution is 2.40. The third kappa shape index (κ3) is 5.19. The van der Waals surface area contributed by atoms with Gasteiger partial charge in [0.25, 0.3) is 0 Å². The lowest BCUT2D eigenvalue weighted by Crippen LogP contribution is -2.41. The molecule has 3 heteroatoms. The summed E-state index contributed by atoms with van der Waals surface area (Å²) in [5.41, 5.74) is 0.238. The summed E-state index contributed by atoms with van der Waals surface area (Å²) in [5, 5.41) is 3.38. The van der Waals surface area contributed by atoms with Gasteiger partial charge in [0.05, 0.1) is 12.2 Å².